The van der Waals surface area contributed by atoms with E-state index in [4.69, 9.17) is 16.3 Å². The number of halogens is 2. The summed E-state index contributed by atoms with van der Waals surface area (Å²) in [7, 11) is 0. The number of benzene rings is 2. The first kappa shape index (κ1) is 16.8. The lowest BCUT2D eigenvalue weighted by Gasteiger charge is -2.08. The second-order valence-corrected chi connectivity index (χ2v) is 5.44. The minimum Gasteiger partial charge on any atom is -0.484 e. The molecule has 0 aliphatic heterocycles. The molecule has 25 heavy (non-hydrogen) atoms. The zero-order chi connectivity index (χ0) is 17.6. The van der Waals surface area contributed by atoms with E-state index in [9.17, 15) is 9.18 Å². The lowest BCUT2D eigenvalue weighted by Crippen LogP contribution is -2.29. The summed E-state index contributed by atoms with van der Waals surface area (Å²) in [5, 5.41) is 14.7. The molecule has 0 atom stereocenters. The maximum Gasteiger partial charge on any atom is 0.258 e. The van der Waals surface area contributed by atoms with Crippen molar-refractivity contribution in [2.24, 2.45) is 0 Å². The van der Waals surface area contributed by atoms with E-state index in [1.807, 2.05) is 0 Å². The van der Waals surface area contributed by atoms with Gasteiger partial charge in [0.15, 0.2) is 12.4 Å². The normalized spacial score (nSPS) is 10.5. The smallest absolute Gasteiger partial charge is 0.258 e. The van der Waals surface area contributed by atoms with Gasteiger partial charge < -0.3 is 10.1 Å². The second kappa shape index (κ2) is 7.71. The number of rotatable bonds is 6. The molecule has 3 rings (SSSR count). The fourth-order valence-corrected chi connectivity index (χ4v) is 2.13. The van der Waals surface area contributed by atoms with Gasteiger partial charge in [-0.3, -0.25) is 4.79 Å². The molecule has 1 aromatic heterocycles. The summed E-state index contributed by atoms with van der Waals surface area (Å²) in [5.74, 6) is 0.140. The predicted octanol–water partition coefficient (Wildman–Crippen LogP) is 2.15. The number of ether oxygens (including phenoxy) is 1. The van der Waals surface area contributed by atoms with Crippen LogP contribution in [0.15, 0.2) is 48.5 Å². The van der Waals surface area contributed by atoms with E-state index < -0.39 is 0 Å². The lowest BCUT2D eigenvalue weighted by atomic mass is 10.3. The molecular formula is C16H13ClFN5O2. The number of nitrogens with one attached hydrogen (secondary N) is 1. The quantitative estimate of drug-likeness (QED) is 0.727. The van der Waals surface area contributed by atoms with Crippen molar-refractivity contribution in [1.29, 1.82) is 0 Å². The molecule has 0 saturated heterocycles. The van der Waals surface area contributed by atoms with Crippen LogP contribution in [0.3, 0.4) is 0 Å². The average Bonchev–Trinajstić information content (AvgIpc) is 3.09. The summed E-state index contributed by atoms with van der Waals surface area (Å²) < 4.78 is 19.6. The van der Waals surface area contributed by atoms with Crippen molar-refractivity contribution in [3.63, 3.8) is 0 Å². The van der Waals surface area contributed by atoms with Gasteiger partial charge in [-0.05, 0) is 59.0 Å². The van der Waals surface area contributed by atoms with Gasteiger partial charge >= 0.3 is 0 Å². The van der Waals surface area contributed by atoms with Crippen LogP contribution in [0, 0.1) is 5.82 Å². The summed E-state index contributed by atoms with van der Waals surface area (Å²) in [4.78, 5) is 11.9. The van der Waals surface area contributed by atoms with Crippen molar-refractivity contribution >= 4 is 17.5 Å². The largest absolute Gasteiger partial charge is 0.484 e. The number of amides is 1. The highest BCUT2D eigenvalue weighted by molar-refractivity contribution is 6.30. The molecule has 0 fully saturated rings. The van der Waals surface area contributed by atoms with Crippen molar-refractivity contribution in [3.8, 4) is 11.4 Å². The third-order valence-electron chi connectivity index (χ3n) is 3.23. The SMILES string of the molecule is O=C(COc1ccc(F)cc1)NCc1nnnn1-c1ccc(Cl)cc1. The Labute approximate surface area is 147 Å². The molecule has 7 nitrogen and oxygen atoms in total. The Hall–Kier alpha value is -3.00. The first-order valence-corrected chi connectivity index (χ1v) is 7.68. The van der Waals surface area contributed by atoms with Gasteiger partial charge in [0.1, 0.15) is 11.6 Å². The minimum atomic E-state index is -0.370. The summed E-state index contributed by atoms with van der Waals surface area (Å²) in [6.45, 7) is -0.0740. The number of carbonyl (C=O) groups excluding carboxylic acids is 1. The van der Waals surface area contributed by atoms with Crippen LogP contribution in [-0.4, -0.2) is 32.7 Å². The van der Waals surface area contributed by atoms with E-state index in [1.165, 1.54) is 28.9 Å². The summed E-state index contributed by atoms with van der Waals surface area (Å²) in [5.41, 5.74) is 0.723. The van der Waals surface area contributed by atoms with Crippen LogP contribution in [0.4, 0.5) is 4.39 Å². The van der Waals surface area contributed by atoms with Crippen molar-refractivity contribution in [2.75, 3.05) is 6.61 Å². The Morgan fingerprint density at radius 2 is 1.88 bits per heavy atom. The molecular weight excluding hydrogens is 349 g/mol. The molecule has 0 aliphatic carbocycles. The van der Waals surface area contributed by atoms with Gasteiger partial charge in [0.25, 0.3) is 5.91 Å². The van der Waals surface area contributed by atoms with Crippen molar-refractivity contribution in [3.05, 3.63) is 65.2 Å². The van der Waals surface area contributed by atoms with Gasteiger partial charge in [-0.15, -0.1) is 5.10 Å². The topological polar surface area (TPSA) is 81.9 Å². The maximum absolute atomic E-state index is 12.8. The number of hydrogen-bond donors (Lipinski definition) is 1. The number of nitrogens with zero attached hydrogens (tertiary/aromatic N) is 4. The van der Waals surface area contributed by atoms with Gasteiger partial charge in [0, 0.05) is 5.02 Å². The van der Waals surface area contributed by atoms with Crippen molar-refractivity contribution in [2.45, 2.75) is 6.54 Å². The Bertz CT molecular complexity index is 852. The Morgan fingerprint density at radius 3 is 2.60 bits per heavy atom. The summed E-state index contributed by atoms with van der Waals surface area (Å²) in [6.07, 6.45) is 0. The van der Waals surface area contributed by atoms with Gasteiger partial charge in [-0.25, -0.2) is 4.39 Å². The molecule has 0 spiro atoms. The minimum absolute atomic E-state index is 0.126. The van der Waals surface area contributed by atoms with Gasteiger partial charge in [-0.1, -0.05) is 11.6 Å². The van der Waals surface area contributed by atoms with E-state index in [0.717, 1.165) is 5.69 Å². The van der Waals surface area contributed by atoms with Gasteiger partial charge in [0.2, 0.25) is 0 Å². The van der Waals surface area contributed by atoms with E-state index in [0.29, 0.717) is 16.6 Å². The number of tetrazole rings is 1. The summed E-state index contributed by atoms with van der Waals surface area (Å²) in [6, 6.07) is 12.4. The maximum atomic E-state index is 12.8. The zero-order valence-electron chi connectivity index (χ0n) is 12.9. The number of hydrogen-bond acceptors (Lipinski definition) is 5. The standard InChI is InChI=1S/C16H13ClFN5O2/c17-11-1-5-13(6-2-11)23-15(20-21-22-23)9-19-16(24)10-25-14-7-3-12(18)4-8-14/h1-8H,9-10H2,(H,19,24). The molecule has 1 N–H and O–H groups in total. The Kier molecular flexibility index (Phi) is 5.20. The molecule has 1 amide bonds. The summed E-state index contributed by atoms with van der Waals surface area (Å²) >= 11 is 5.86. The monoisotopic (exact) mass is 361 g/mol. The van der Waals surface area contributed by atoms with Crippen LogP contribution in [0.2, 0.25) is 5.02 Å². The van der Waals surface area contributed by atoms with Gasteiger partial charge in [0.05, 0.1) is 12.2 Å². The van der Waals surface area contributed by atoms with Crippen LogP contribution in [0.25, 0.3) is 5.69 Å². The van der Waals surface area contributed by atoms with E-state index in [-0.39, 0.29) is 24.9 Å². The fourth-order valence-electron chi connectivity index (χ4n) is 2.01. The number of aromatic nitrogens is 4. The van der Waals surface area contributed by atoms with E-state index >= 15 is 0 Å². The molecule has 128 valence electrons. The fraction of sp³-hybridized carbons (Fsp3) is 0.125. The highest BCUT2D eigenvalue weighted by Gasteiger charge is 2.10. The molecule has 0 saturated carbocycles. The molecule has 1 heterocycles. The lowest BCUT2D eigenvalue weighted by molar-refractivity contribution is -0.123. The predicted molar refractivity (Wildman–Crippen MR) is 87.9 cm³/mol. The zero-order valence-corrected chi connectivity index (χ0v) is 13.7. The van der Waals surface area contributed by atoms with Crippen molar-refractivity contribution < 1.29 is 13.9 Å². The third-order valence-corrected chi connectivity index (χ3v) is 3.48. The average molecular weight is 362 g/mol. The van der Waals surface area contributed by atoms with Crippen LogP contribution in [0.5, 0.6) is 5.75 Å². The van der Waals surface area contributed by atoms with Crippen LogP contribution in [-0.2, 0) is 11.3 Å². The molecule has 3 aromatic rings. The first-order valence-electron chi connectivity index (χ1n) is 7.30. The highest BCUT2D eigenvalue weighted by atomic mass is 35.5. The van der Waals surface area contributed by atoms with Crippen LogP contribution in [0.1, 0.15) is 5.82 Å². The Balaban J connectivity index is 1.55. The van der Waals surface area contributed by atoms with Crippen molar-refractivity contribution in [1.82, 2.24) is 25.5 Å². The molecule has 0 unspecified atom stereocenters. The van der Waals surface area contributed by atoms with Crippen LogP contribution < -0.4 is 10.1 Å². The molecule has 0 aliphatic rings. The molecule has 2 aromatic carbocycles. The van der Waals surface area contributed by atoms with E-state index in [1.54, 1.807) is 24.3 Å². The first-order chi connectivity index (χ1) is 12.1. The highest BCUT2D eigenvalue weighted by Crippen LogP contribution is 2.13. The van der Waals surface area contributed by atoms with E-state index in [2.05, 4.69) is 20.8 Å². The third kappa shape index (κ3) is 4.51. The molecule has 0 bridgehead atoms. The van der Waals surface area contributed by atoms with Gasteiger partial charge in [-0.2, -0.15) is 4.68 Å². The second-order valence-electron chi connectivity index (χ2n) is 5.00. The number of carbonyl (C=O) groups is 1. The molecule has 0 radical (unpaired) electrons. The Morgan fingerprint density at radius 1 is 1.16 bits per heavy atom. The van der Waals surface area contributed by atoms with Crippen LogP contribution >= 0.6 is 11.6 Å². The molecule has 9 heteroatoms.